The van der Waals surface area contributed by atoms with Gasteiger partial charge in [-0.05, 0) is 56.2 Å². The first-order valence-corrected chi connectivity index (χ1v) is 9.71. The second-order valence-corrected chi connectivity index (χ2v) is 7.46. The smallest absolute Gasteiger partial charge is 0.259 e. The molecule has 0 unspecified atom stereocenters. The molecular formula is C23H18ClN5O. The largest absolute Gasteiger partial charge is 0.305 e. The average Bonchev–Trinajstić information content (AvgIpc) is 3.01. The van der Waals surface area contributed by atoms with Crippen LogP contribution in [0.1, 0.15) is 28.2 Å². The Kier molecular flexibility index (Phi) is 4.98. The number of benzene rings is 2. The van der Waals surface area contributed by atoms with Crippen LogP contribution >= 0.6 is 11.6 Å². The van der Waals surface area contributed by atoms with Gasteiger partial charge in [-0.25, -0.2) is 9.67 Å². The van der Waals surface area contributed by atoms with Crippen molar-refractivity contribution in [3.05, 3.63) is 86.2 Å². The van der Waals surface area contributed by atoms with Crippen molar-refractivity contribution in [3.63, 3.8) is 0 Å². The van der Waals surface area contributed by atoms with Gasteiger partial charge in [0.25, 0.3) is 5.56 Å². The fourth-order valence-electron chi connectivity index (χ4n) is 3.44. The van der Waals surface area contributed by atoms with E-state index in [1.54, 1.807) is 16.8 Å². The number of nitrogens with zero attached hydrogens (tertiary/aromatic N) is 4. The van der Waals surface area contributed by atoms with Crippen molar-refractivity contribution in [2.75, 3.05) is 0 Å². The third-order valence-corrected chi connectivity index (χ3v) is 5.22. The van der Waals surface area contributed by atoms with E-state index in [4.69, 9.17) is 11.6 Å². The van der Waals surface area contributed by atoms with Gasteiger partial charge in [0.1, 0.15) is 11.2 Å². The van der Waals surface area contributed by atoms with Gasteiger partial charge in [0, 0.05) is 5.56 Å². The lowest BCUT2D eigenvalue weighted by molar-refractivity contribution is 0.863. The molecule has 2 aromatic heterocycles. The van der Waals surface area contributed by atoms with Crippen molar-refractivity contribution >= 4 is 34.2 Å². The van der Waals surface area contributed by atoms with Gasteiger partial charge in [-0.2, -0.15) is 10.4 Å². The summed E-state index contributed by atoms with van der Waals surface area (Å²) in [6.07, 6.45) is 1.61. The third kappa shape index (κ3) is 3.40. The first kappa shape index (κ1) is 19.6. The Morgan fingerprint density at radius 2 is 1.93 bits per heavy atom. The summed E-state index contributed by atoms with van der Waals surface area (Å²) < 4.78 is 1.61. The highest BCUT2D eigenvalue weighted by atomic mass is 35.5. The molecule has 0 radical (unpaired) electrons. The number of hydrogen-bond donors (Lipinski definition) is 1. The zero-order chi connectivity index (χ0) is 21.4. The standard InChI is InChI=1S/C23H18ClN5O/c1-13-9-14(2)20-19(10-13)23(30)27-22(26-20)16(12-25)11-18-15(3)28-29(21(18)24)17-7-5-4-6-8-17/h4-11H,1-3H3,(H,26,27,30)/b16-11+. The number of nitrogens with one attached hydrogen (secondary N) is 1. The monoisotopic (exact) mass is 415 g/mol. The summed E-state index contributed by atoms with van der Waals surface area (Å²) in [5, 5.41) is 15.1. The number of nitriles is 1. The molecule has 0 spiro atoms. The number of halogens is 1. The van der Waals surface area contributed by atoms with E-state index in [-0.39, 0.29) is 17.0 Å². The molecule has 1 N–H and O–H groups in total. The van der Waals surface area contributed by atoms with Crippen molar-refractivity contribution in [2.45, 2.75) is 20.8 Å². The summed E-state index contributed by atoms with van der Waals surface area (Å²) in [4.78, 5) is 19.9. The molecule has 0 atom stereocenters. The Bertz CT molecular complexity index is 1410. The molecule has 0 amide bonds. The number of para-hydroxylation sites is 1. The Labute approximate surface area is 178 Å². The lowest BCUT2D eigenvalue weighted by atomic mass is 10.1. The summed E-state index contributed by atoms with van der Waals surface area (Å²) in [5.41, 5.74) is 4.41. The molecule has 148 valence electrons. The summed E-state index contributed by atoms with van der Waals surface area (Å²) in [7, 11) is 0. The first-order chi connectivity index (χ1) is 14.4. The summed E-state index contributed by atoms with van der Waals surface area (Å²) in [6, 6.07) is 15.4. The summed E-state index contributed by atoms with van der Waals surface area (Å²) >= 11 is 6.58. The molecular weight excluding hydrogens is 398 g/mol. The van der Waals surface area contributed by atoms with Crippen LogP contribution < -0.4 is 5.56 Å². The van der Waals surface area contributed by atoms with Gasteiger partial charge in [0.05, 0.1) is 27.9 Å². The minimum absolute atomic E-state index is 0.199. The number of allylic oxidation sites excluding steroid dienone is 1. The lowest BCUT2D eigenvalue weighted by Gasteiger charge is -2.06. The van der Waals surface area contributed by atoms with Crippen LogP contribution in [-0.4, -0.2) is 19.7 Å². The predicted molar refractivity (Wildman–Crippen MR) is 119 cm³/mol. The fraction of sp³-hybridized carbons (Fsp3) is 0.130. The molecule has 4 aromatic rings. The van der Waals surface area contributed by atoms with Crippen LogP contribution in [0.2, 0.25) is 5.15 Å². The second-order valence-electron chi connectivity index (χ2n) is 7.10. The van der Waals surface area contributed by atoms with Crippen LogP contribution in [0.15, 0.2) is 47.3 Å². The Hall–Kier alpha value is -3.69. The number of fused-ring (bicyclic) bond motifs is 1. The summed E-state index contributed by atoms with van der Waals surface area (Å²) in [6.45, 7) is 5.64. The van der Waals surface area contributed by atoms with Gasteiger partial charge < -0.3 is 4.98 Å². The van der Waals surface area contributed by atoms with Crippen LogP contribution in [0.3, 0.4) is 0 Å². The highest BCUT2D eigenvalue weighted by Gasteiger charge is 2.16. The average molecular weight is 416 g/mol. The Morgan fingerprint density at radius 1 is 1.20 bits per heavy atom. The summed E-state index contributed by atoms with van der Waals surface area (Å²) in [5.74, 6) is 0.199. The van der Waals surface area contributed by atoms with Crippen molar-refractivity contribution < 1.29 is 0 Å². The molecule has 6 nitrogen and oxygen atoms in total. The maximum atomic E-state index is 12.6. The topological polar surface area (TPSA) is 87.4 Å². The highest BCUT2D eigenvalue weighted by molar-refractivity contribution is 6.31. The van der Waals surface area contributed by atoms with Gasteiger partial charge in [-0.3, -0.25) is 4.79 Å². The van der Waals surface area contributed by atoms with Crippen LogP contribution in [-0.2, 0) is 0 Å². The number of rotatable bonds is 3. The molecule has 7 heteroatoms. The number of hydrogen-bond acceptors (Lipinski definition) is 4. The molecule has 0 aliphatic rings. The minimum atomic E-state index is -0.286. The minimum Gasteiger partial charge on any atom is -0.305 e. The number of aryl methyl sites for hydroxylation is 3. The third-order valence-electron chi connectivity index (χ3n) is 4.86. The number of aromatic nitrogens is 4. The normalized spacial score (nSPS) is 11.6. The molecule has 4 rings (SSSR count). The van der Waals surface area contributed by atoms with E-state index in [9.17, 15) is 10.1 Å². The van der Waals surface area contributed by atoms with E-state index >= 15 is 0 Å². The van der Waals surface area contributed by atoms with Crippen molar-refractivity contribution in [1.29, 1.82) is 5.26 Å². The Morgan fingerprint density at radius 3 is 2.63 bits per heavy atom. The second kappa shape index (κ2) is 7.62. The van der Waals surface area contributed by atoms with Crippen molar-refractivity contribution in [3.8, 4) is 11.8 Å². The first-order valence-electron chi connectivity index (χ1n) is 9.33. The molecule has 0 aliphatic heterocycles. The molecule has 0 aliphatic carbocycles. The van der Waals surface area contributed by atoms with E-state index < -0.39 is 0 Å². The van der Waals surface area contributed by atoms with Crippen LogP contribution in [0.4, 0.5) is 0 Å². The van der Waals surface area contributed by atoms with Gasteiger partial charge in [-0.15, -0.1) is 0 Å². The van der Waals surface area contributed by atoms with E-state index in [1.165, 1.54) is 0 Å². The SMILES string of the molecule is Cc1cc(C)c2nc(/C(C#N)=C/c3c(C)nn(-c4ccccc4)c3Cl)[nH]c(=O)c2c1. The van der Waals surface area contributed by atoms with Crippen LogP contribution in [0, 0.1) is 32.1 Å². The molecule has 2 heterocycles. The van der Waals surface area contributed by atoms with Crippen molar-refractivity contribution in [1.82, 2.24) is 19.7 Å². The Balaban J connectivity index is 1.88. The van der Waals surface area contributed by atoms with Crippen LogP contribution in [0.25, 0.3) is 28.2 Å². The molecule has 0 bridgehead atoms. The van der Waals surface area contributed by atoms with Gasteiger partial charge in [0.15, 0.2) is 5.82 Å². The fourth-order valence-corrected chi connectivity index (χ4v) is 3.76. The van der Waals surface area contributed by atoms with E-state index in [0.29, 0.717) is 27.3 Å². The highest BCUT2D eigenvalue weighted by Crippen LogP contribution is 2.27. The van der Waals surface area contributed by atoms with Gasteiger partial charge in [0.2, 0.25) is 0 Å². The van der Waals surface area contributed by atoms with Gasteiger partial charge in [-0.1, -0.05) is 35.9 Å². The van der Waals surface area contributed by atoms with Crippen molar-refractivity contribution in [2.24, 2.45) is 0 Å². The molecule has 0 saturated carbocycles. The van der Waals surface area contributed by atoms with Crippen LogP contribution in [0.5, 0.6) is 0 Å². The van der Waals surface area contributed by atoms with E-state index in [1.807, 2.05) is 57.2 Å². The molecule has 0 fully saturated rings. The van der Waals surface area contributed by atoms with E-state index in [2.05, 4.69) is 21.1 Å². The van der Waals surface area contributed by atoms with Gasteiger partial charge >= 0.3 is 0 Å². The molecule has 0 saturated heterocycles. The number of aromatic amines is 1. The maximum Gasteiger partial charge on any atom is 0.259 e. The predicted octanol–water partition coefficient (Wildman–Crippen LogP) is 4.75. The lowest BCUT2D eigenvalue weighted by Crippen LogP contribution is -2.12. The number of H-pyrrole nitrogens is 1. The zero-order valence-electron chi connectivity index (χ0n) is 16.7. The molecule has 2 aromatic carbocycles. The van der Waals surface area contributed by atoms with E-state index in [0.717, 1.165) is 16.8 Å². The zero-order valence-corrected chi connectivity index (χ0v) is 17.4. The maximum absolute atomic E-state index is 12.6. The quantitative estimate of drug-likeness (QED) is 0.489. The molecule has 30 heavy (non-hydrogen) atoms.